The van der Waals surface area contributed by atoms with Gasteiger partial charge in [-0.15, -0.1) is 0 Å². The Balaban J connectivity index is 2.17. The molecule has 1 aliphatic rings. The molecule has 0 saturated carbocycles. The lowest BCUT2D eigenvalue weighted by molar-refractivity contribution is -0.512. The highest BCUT2D eigenvalue weighted by molar-refractivity contribution is 5.73. The molecule has 120 valence electrons. The van der Waals surface area contributed by atoms with Crippen molar-refractivity contribution in [3.05, 3.63) is 64.7 Å². The van der Waals surface area contributed by atoms with E-state index in [-0.39, 0.29) is 11.0 Å². The van der Waals surface area contributed by atoms with Gasteiger partial charge in [0.25, 0.3) is 0 Å². The number of nitrogens with zero attached hydrogens (tertiary/aromatic N) is 1. The summed E-state index contributed by atoms with van der Waals surface area (Å²) in [5.74, 6) is 0. The Kier molecular flexibility index (Phi) is 3.71. The first kappa shape index (κ1) is 16.0. The average molecular weight is 306 g/mol. The minimum Gasteiger partial charge on any atom is -0.197 e. The van der Waals surface area contributed by atoms with Crippen molar-refractivity contribution < 1.29 is 4.58 Å². The van der Waals surface area contributed by atoms with Gasteiger partial charge in [0.05, 0.1) is 5.41 Å². The van der Waals surface area contributed by atoms with Gasteiger partial charge in [0, 0.05) is 31.4 Å². The summed E-state index contributed by atoms with van der Waals surface area (Å²) in [5.41, 5.74) is 7.03. The lowest BCUT2D eigenvalue weighted by Crippen LogP contribution is -2.31. The summed E-state index contributed by atoms with van der Waals surface area (Å²) >= 11 is 0. The van der Waals surface area contributed by atoms with Gasteiger partial charge in [-0.3, -0.25) is 0 Å². The standard InChI is InChI=1S/C22H28N/c1-16-12-17(2)20(18(3)13-16)23-15-22(6,14-21(23,4)5)19-10-8-7-9-11-19/h7-13,15H,14H2,1-6H3/q+1/t22-/m0/s1. The van der Waals surface area contributed by atoms with E-state index in [2.05, 4.69) is 94.8 Å². The van der Waals surface area contributed by atoms with Crippen LogP contribution >= 0.6 is 0 Å². The van der Waals surface area contributed by atoms with E-state index in [0.717, 1.165) is 6.42 Å². The minimum absolute atomic E-state index is 0.0779. The molecular weight excluding hydrogens is 278 g/mol. The van der Waals surface area contributed by atoms with Gasteiger partial charge in [-0.2, -0.15) is 4.58 Å². The first-order valence-corrected chi connectivity index (χ1v) is 8.52. The summed E-state index contributed by atoms with van der Waals surface area (Å²) in [6, 6.07) is 15.5. The molecule has 0 fully saturated rings. The molecule has 0 aliphatic carbocycles. The second-order valence-electron chi connectivity index (χ2n) is 8.02. The largest absolute Gasteiger partial charge is 0.211 e. The van der Waals surface area contributed by atoms with Gasteiger partial charge in [0.2, 0.25) is 5.69 Å². The molecule has 1 atom stereocenters. The van der Waals surface area contributed by atoms with Crippen molar-refractivity contribution in [3.63, 3.8) is 0 Å². The lowest BCUT2D eigenvalue weighted by Gasteiger charge is -2.23. The van der Waals surface area contributed by atoms with Crippen molar-refractivity contribution in [1.29, 1.82) is 0 Å². The smallest absolute Gasteiger partial charge is 0.197 e. The normalized spacial score (nSPS) is 23.0. The molecule has 23 heavy (non-hydrogen) atoms. The van der Waals surface area contributed by atoms with Crippen molar-refractivity contribution in [2.45, 2.75) is 58.9 Å². The maximum Gasteiger partial charge on any atom is 0.211 e. The van der Waals surface area contributed by atoms with Crippen molar-refractivity contribution in [2.24, 2.45) is 0 Å². The first-order chi connectivity index (χ1) is 10.7. The monoisotopic (exact) mass is 306 g/mol. The second kappa shape index (κ2) is 5.33. The Morgan fingerprint density at radius 1 is 0.870 bits per heavy atom. The number of rotatable bonds is 2. The van der Waals surface area contributed by atoms with Crippen LogP contribution in [0.15, 0.2) is 42.5 Å². The van der Waals surface area contributed by atoms with E-state index < -0.39 is 0 Å². The van der Waals surface area contributed by atoms with Gasteiger partial charge in [0.15, 0.2) is 11.8 Å². The fourth-order valence-electron chi connectivity index (χ4n) is 4.40. The number of hydrogen-bond donors (Lipinski definition) is 0. The number of hydrogen-bond acceptors (Lipinski definition) is 0. The van der Waals surface area contributed by atoms with Crippen LogP contribution in [0.25, 0.3) is 0 Å². The fourth-order valence-corrected chi connectivity index (χ4v) is 4.40. The molecule has 0 aromatic heterocycles. The van der Waals surface area contributed by atoms with Crippen molar-refractivity contribution in [1.82, 2.24) is 0 Å². The summed E-state index contributed by atoms with van der Waals surface area (Å²) < 4.78 is 2.52. The summed E-state index contributed by atoms with van der Waals surface area (Å²) in [6.45, 7) is 13.7. The van der Waals surface area contributed by atoms with Gasteiger partial charge >= 0.3 is 0 Å². The molecular formula is C22H28N+. The second-order valence-corrected chi connectivity index (χ2v) is 8.02. The third kappa shape index (κ3) is 2.73. The zero-order chi connectivity index (χ0) is 16.8. The molecule has 3 rings (SSSR count). The number of aryl methyl sites for hydroxylation is 3. The predicted octanol–water partition coefficient (Wildman–Crippen LogP) is 5.47. The van der Waals surface area contributed by atoms with E-state index in [1.807, 2.05) is 0 Å². The highest BCUT2D eigenvalue weighted by atomic mass is 15.1. The molecule has 2 aromatic rings. The van der Waals surface area contributed by atoms with Crippen LogP contribution in [-0.4, -0.2) is 16.3 Å². The van der Waals surface area contributed by atoms with E-state index in [4.69, 9.17) is 0 Å². The van der Waals surface area contributed by atoms with Gasteiger partial charge in [0.1, 0.15) is 0 Å². The Bertz CT molecular complexity index is 745. The van der Waals surface area contributed by atoms with Gasteiger partial charge in [-0.25, -0.2) is 0 Å². The predicted molar refractivity (Wildman–Crippen MR) is 99.1 cm³/mol. The SMILES string of the molecule is Cc1cc(C)c([N+]2=C[C@@](C)(c3ccccc3)CC2(C)C)c(C)c1. The molecule has 1 nitrogen and oxygen atoms in total. The summed E-state index contributed by atoms with van der Waals surface area (Å²) in [4.78, 5) is 0. The maximum absolute atomic E-state index is 2.52. The van der Waals surface area contributed by atoms with Crippen LogP contribution in [0.2, 0.25) is 0 Å². The zero-order valence-electron chi connectivity index (χ0n) is 15.3. The Morgan fingerprint density at radius 2 is 1.43 bits per heavy atom. The van der Waals surface area contributed by atoms with E-state index in [0.29, 0.717) is 0 Å². The molecule has 1 heterocycles. The fraction of sp³-hybridized carbons (Fsp3) is 0.409. The Morgan fingerprint density at radius 3 is 2.00 bits per heavy atom. The van der Waals surface area contributed by atoms with Crippen LogP contribution in [0, 0.1) is 20.8 Å². The molecule has 1 heteroatoms. The lowest BCUT2D eigenvalue weighted by atomic mass is 9.77. The molecule has 0 saturated heterocycles. The van der Waals surface area contributed by atoms with Gasteiger partial charge in [-0.05, 0) is 45.4 Å². The Hall–Kier alpha value is -1.89. The molecule has 0 N–H and O–H groups in total. The molecule has 1 aliphatic heterocycles. The molecule has 0 amide bonds. The number of benzene rings is 2. The van der Waals surface area contributed by atoms with Crippen LogP contribution in [-0.2, 0) is 5.41 Å². The molecule has 0 radical (unpaired) electrons. The summed E-state index contributed by atoms with van der Waals surface area (Å²) in [7, 11) is 0. The molecule has 2 aromatic carbocycles. The summed E-state index contributed by atoms with van der Waals surface area (Å²) in [6.07, 6.45) is 3.57. The molecule has 0 bridgehead atoms. The third-order valence-corrected chi connectivity index (χ3v) is 5.18. The van der Waals surface area contributed by atoms with Gasteiger partial charge in [-0.1, -0.05) is 35.9 Å². The molecule has 0 spiro atoms. The average Bonchev–Trinajstić information content (AvgIpc) is 2.70. The Labute approximate surface area is 140 Å². The van der Waals surface area contributed by atoms with E-state index in [1.165, 1.54) is 27.9 Å². The van der Waals surface area contributed by atoms with E-state index >= 15 is 0 Å². The quantitative estimate of drug-likeness (QED) is 0.647. The highest BCUT2D eigenvalue weighted by Gasteiger charge is 2.49. The van der Waals surface area contributed by atoms with Crippen molar-refractivity contribution in [2.75, 3.05) is 0 Å². The molecule has 0 unspecified atom stereocenters. The minimum atomic E-state index is 0.0779. The third-order valence-electron chi connectivity index (χ3n) is 5.18. The van der Waals surface area contributed by atoms with Crippen molar-refractivity contribution >= 4 is 11.9 Å². The van der Waals surface area contributed by atoms with E-state index in [9.17, 15) is 0 Å². The van der Waals surface area contributed by atoms with Gasteiger partial charge < -0.3 is 0 Å². The summed E-state index contributed by atoms with van der Waals surface area (Å²) in [5, 5.41) is 0. The van der Waals surface area contributed by atoms with E-state index in [1.54, 1.807) is 0 Å². The maximum atomic E-state index is 2.52. The van der Waals surface area contributed by atoms with Crippen molar-refractivity contribution in [3.8, 4) is 0 Å². The zero-order valence-corrected chi connectivity index (χ0v) is 15.3. The first-order valence-electron chi connectivity index (χ1n) is 8.52. The van der Waals surface area contributed by atoms with Crippen LogP contribution < -0.4 is 0 Å². The van der Waals surface area contributed by atoms with Crippen LogP contribution in [0.3, 0.4) is 0 Å². The van der Waals surface area contributed by atoms with Crippen LogP contribution in [0.1, 0.15) is 49.4 Å². The van der Waals surface area contributed by atoms with Crippen LogP contribution in [0.4, 0.5) is 5.69 Å². The highest BCUT2D eigenvalue weighted by Crippen LogP contribution is 2.42. The van der Waals surface area contributed by atoms with Crippen LogP contribution in [0.5, 0.6) is 0 Å². The topological polar surface area (TPSA) is 3.01 Å².